The number of aromatic nitrogens is 2. The van der Waals surface area contributed by atoms with E-state index in [2.05, 4.69) is 15.3 Å². The molecule has 0 bridgehead atoms. The third kappa shape index (κ3) is 3.45. The van der Waals surface area contributed by atoms with Gasteiger partial charge in [-0.25, -0.2) is 9.97 Å². The Morgan fingerprint density at radius 2 is 1.85 bits per heavy atom. The molecule has 0 aliphatic carbocycles. The average molecular weight is 283 g/mol. The van der Waals surface area contributed by atoms with Crippen LogP contribution in [0.25, 0.3) is 0 Å². The van der Waals surface area contributed by atoms with E-state index in [1.807, 2.05) is 0 Å². The monoisotopic (exact) mass is 283 g/mol. The maximum Gasteiger partial charge on any atom is 0.433 e. The molecule has 0 radical (unpaired) electrons. The van der Waals surface area contributed by atoms with Crippen LogP contribution in [0.5, 0.6) is 0 Å². The molecule has 1 heterocycles. The van der Waals surface area contributed by atoms with Gasteiger partial charge in [0.05, 0.1) is 12.6 Å². The maximum atomic E-state index is 12.5. The van der Waals surface area contributed by atoms with Crippen molar-refractivity contribution in [3.05, 3.63) is 53.9 Å². The van der Waals surface area contributed by atoms with E-state index in [9.17, 15) is 18.3 Å². The summed E-state index contributed by atoms with van der Waals surface area (Å²) in [4.78, 5) is 7.13. The molecule has 0 aliphatic rings. The highest BCUT2D eigenvalue weighted by Crippen LogP contribution is 2.28. The maximum absolute atomic E-state index is 12.5. The summed E-state index contributed by atoms with van der Waals surface area (Å²) >= 11 is 0. The second-order valence-electron chi connectivity index (χ2n) is 4.05. The van der Waals surface area contributed by atoms with Crippen LogP contribution in [0.15, 0.2) is 42.6 Å². The van der Waals surface area contributed by atoms with E-state index in [-0.39, 0.29) is 12.6 Å². The van der Waals surface area contributed by atoms with E-state index >= 15 is 0 Å². The number of halogens is 3. The number of benzene rings is 1. The normalized spacial score (nSPS) is 13.0. The van der Waals surface area contributed by atoms with Crippen molar-refractivity contribution in [2.45, 2.75) is 12.2 Å². The van der Waals surface area contributed by atoms with Crippen LogP contribution in [-0.4, -0.2) is 21.7 Å². The van der Waals surface area contributed by atoms with Crippen molar-refractivity contribution in [3.8, 4) is 0 Å². The number of nitrogens with zero attached hydrogens (tertiary/aromatic N) is 2. The van der Waals surface area contributed by atoms with Gasteiger partial charge in [0.2, 0.25) is 5.95 Å². The molecule has 1 unspecified atom stereocenters. The molecular weight excluding hydrogens is 271 g/mol. The molecule has 0 saturated heterocycles. The molecule has 1 aromatic carbocycles. The van der Waals surface area contributed by atoms with E-state index in [1.54, 1.807) is 30.3 Å². The van der Waals surface area contributed by atoms with Crippen LogP contribution in [-0.2, 0) is 6.18 Å². The molecule has 1 aromatic heterocycles. The van der Waals surface area contributed by atoms with Crippen molar-refractivity contribution in [2.24, 2.45) is 0 Å². The lowest BCUT2D eigenvalue weighted by atomic mass is 10.1. The minimum Gasteiger partial charge on any atom is -0.394 e. The fraction of sp³-hybridized carbons (Fsp3) is 0.231. The zero-order valence-corrected chi connectivity index (χ0v) is 10.3. The molecule has 2 aromatic rings. The smallest absolute Gasteiger partial charge is 0.394 e. The zero-order chi connectivity index (χ0) is 14.6. The highest BCUT2D eigenvalue weighted by atomic mass is 19.4. The number of anilines is 1. The second kappa shape index (κ2) is 5.87. The van der Waals surface area contributed by atoms with E-state index in [0.29, 0.717) is 0 Å². The first-order valence-corrected chi connectivity index (χ1v) is 5.83. The van der Waals surface area contributed by atoms with Gasteiger partial charge >= 0.3 is 6.18 Å². The van der Waals surface area contributed by atoms with E-state index in [0.717, 1.165) is 17.8 Å². The summed E-state index contributed by atoms with van der Waals surface area (Å²) in [5.74, 6) is -0.178. The largest absolute Gasteiger partial charge is 0.433 e. The van der Waals surface area contributed by atoms with Crippen LogP contribution in [0.4, 0.5) is 19.1 Å². The molecule has 0 amide bonds. The summed E-state index contributed by atoms with van der Waals surface area (Å²) in [5, 5.41) is 12.0. The van der Waals surface area contributed by atoms with Gasteiger partial charge < -0.3 is 10.4 Å². The van der Waals surface area contributed by atoms with E-state index < -0.39 is 17.9 Å². The van der Waals surface area contributed by atoms with Crippen molar-refractivity contribution >= 4 is 5.95 Å². The van der Waals surface area contributed by atoms with Crippen LogP contribution < -0.4 is 5.32 Å². The van der Waals surface area contributed by atoms with Crippen molar-refractivity contribution in [1.82, 2.24) is 9.97 Å². The Labute approximate surface area is 113 Å². The molecule has 4 nitrogen and oxygen atoms in total. The van der Waals surface area contributed by atoms with Crippen molar-refractivity contribution < 1.29 is 18.3 Å². The Kier molecular flexibility index (Phi) is 4.19. The fourth-order valence-corrected chi connectivity index (χ4v) is 1.66. The van der Waals surface area contributed by atoms with Gasteiger partial charge in [-0.1, -0.05) is 30.3 Å². The van der Waals surface area contributed by atoms with E-state index in [1.165, 1.54) is 0 Å². The SMILES string of the molecule is OCC(Nc1nccc(C(F)(F)F)n1)c1ccccc1. The summed E-state index contributed by atoms with van der Waals surface area (Å²) in [5.41, 5.74) is -0.296. The van der Waals surface area contributed by atoms with E-state index in [4.69, 9.17) is 0 Å². The number of aliphatic hydroxyl groups excluding tert-OH is 1. The summed E-state index contributed by atoms with van der Waals surface area (Å²) in [6.07, 6.45) is -3.50. The zero-order valence-electron chi connectivity index (χ0n) is 10.3. The number of alkyl halides is 3. The van der Waals surface area contributed by atoms with Crippen molar-refractivity contribution in [2.75, 3.05) is 11.9 Å². The van der Waals surface area contributed by atoms with Crippen molar-refractivity contribution in [3.63, 3.8) is 0 Å². The molecule has 106 valence electrons. The first-order valence-electron chi connectivity index (χ1n) is 5.83. The summed E-state index contributed by atoms with van der Waals surface area (Å²) in [6.45, 7) is -0.288. The van der Waals surface area contributed by atoms with Gasteiger partial charge in [0.1, 0.15) is 5.69 Å². The Balaban J connectivity index is 2.20. The first-order chi connectivity index (χ1) is 9.50. The summed E-state index contributed by atoms with van der Waals surface area (Å²) < 4.78 is 37.6. The predicted octanol–water partition coefficient (Wildman–Crippen LogP) is 2.64. The summed E-state index contributed by atoms with van der Waals surface area (Å²) in [7, 11) is 0. The third-order valence-electron chi connectivity index (χ3n) is 2.63. The molecule has 0 spiro atoms. The average Bonchev–Trinajstić information content (AvgIpc) is 2.45. The molecule has 1 atom stereocenters. The second-order valence-corrected chi connectivity index (χ2v) is 4.05. The Hall–Kier alpha value is -2.15. The standard InChI is InChI=1S/C13H12F3N3O/c14-13(15,16)11-6-7-17-12(19-11)18-10(8-20)9-4-2-1-3-5-9/h1-7,10,20H,8H2,(H,17,18,19). The minimum atomic E-state index is -4.53. The Bertz CT molecular complexity index is 560. The number of rotatable bonds is 4. The molecule has 0 fully saturated rings. The lowest BCUT2D eigenvalue weighted by Gasteiger charge is -2.17. The Morgan fingerprint density at radius 3 is 2.45 bits per heavy atom. The third-order valence-corrected chi connectivity index (χ3v) is 2.63. The lowest BCUT2D eigenvalue weighted by molar-refractivity contribution is -0.141. The molecule has 0 aliphatic heterocycles. The number of aliphatic hydroxyl groups is 1. The quantitative estimate of drug-likeness (QED) is 0.905. The number of hydrogen-bond acceptors (Lipinski definition) is 4. The Morgan fingerprint density at radius 1 is 1.15 bits per heavy atom. The molecule has 7 heteroatoms. The summed E-state index contributed by atoms with van der Waals surface area (Å²) in [6, 6.07) is 9.07. The highest BCUT2D eigenvalue weighted by Gasteiger charge is 2.32. The number of nitrogens with one attached hydrogen (secondary N) is 1. The van der Waals surface area contributed by atoms with Crippen LogP contribution in [0.3, 0.4) is 0 Å². The lowest BCUT2D eigenvalue weighted by Crippen LogP contribution is -2.18. The van der Waals surface area contributed by atoms with Gasteiger partial charge in [0.25, 0.3) is 0 Å². The van der Waals surface area contributed by atoms with Crippen LogP contribution in [0, 0.1) is 0 Å². The van der Waals surface area contributed by atoms with Gasteiger partial charge in [0, 0.05) is 6.20 Å². The van der Waals surface area contributed by atoms with Crippen LogP contribution >= 0.6 is 0 Å². The first kappa shape index (κ1) is 14.3. The molecular formula is C13H12F3N3O. The topological polar surface area (TPSA) is 58.0 Å². The van der Waals surface area contributed by atoms with Crippen LogP contribution in [0.2, 0.25) is 0 Å². The van der Waals surface area contributed by atoms with Gasteiger partial charge in [-0.15, -0.1) is 0 Å². The van der Waals surface area contributed by atoms with Crippen LogP contribution in [0.1, 0.15) is 17.3 Å². The van der Waals surface area contributed by atoms with Crippen molar-refractivity contribution in [1.29, 1.82) is 0 Å². The molecule has 20 heavy (non-hydrogen) atoms. The predicted molar refractivity (Wildman–Crippen MR) is 66.9 cm³/mol. The molecule has 0 saturated carbocycles. The van der Waals surface area contributed by atoms with Gasteiger partial charge in [-0.05, 0) is 11.6 Å². The van der Waals surface area contributed by atoms with Gasteiger partial charge in [0.15, 0.2) is 0 Å². The molecule has 2 N–H and O–H groups in total. The fourth-order valence-electron chi connectivity index (χ4n) is 1.66. The van der Waals surface area contributed by atoms with Gasteiger partial charge in [-0.2, -0.15) is 13.2 Å². The van der Waals surface area contributed by atoms with Gasteiger partial charge in [-0.3, -0.25) is 0 Å². The molecule has 2 rings (SSSR count). The minimum absolute atomic E-state index is 0.178. The highest BCUT2D eigenvalue weighted by molar-refractivity contribution is 5.33. The number of hydrogen-bond donors (Lipinski definition) is 2.